The van der Waals surface area contributed by atoms with Gasteiger partial charge in [0.15, 0.2) is 0 Å². The van der Waals surface area contributed by atoms with Gasteiger partial charge < -0.3 is 20.5 Å². The van der Waals surface area contributed by atoms with Crippen molar-refractivity contribution in [3.63, 3.8) is 0 Å². The summed E-state index contributed by atoms with van der Waals surface area (Å²) < 4.78 is 5.31. The van der Waals surface area contributed by atoms with E-state index in [1.807, 2.05) is 20.8 Å². The highest BCUT2D eigenvalue weighted by Crippen LogP contribution is 2.24. The van der Waals surface area contributed by atoms with E-state index in [0.717, 1.165) is 45.1 Å². The molecule has 0 saturated heterocycles. The molecule has 0 aromatic heterocycles. The van der Waals surface area contributed by atoms with Gasteiger partial charge >= 0.3 is 6.09 Å². The Bertz CT molecular complexity index is 356. The molecule has 0 aliphatic heterocycles. The molecule has 1 fully saturated rings. The molecule has 1 aliphatic rings. The number of nitrogens with one attached hydrogen (secondary N) is 2. The number of ether oxygens (including phenoxy) is 1. The fourth-order valence-electron chi connectivity index (χ4n) is 2.98. The third-order valence-corrected chi connectivity index (χ3v) is 4.33. The predicted octanol–water partition coefficient (Wildman–Crippen LogP) is 3.21. The molecule has 1 saturated carbocycles. The molecule has 1 amide bonds. The maximum absolute atomic E-state index is 11.8. The van der Waals surface area contributed by atoms with Crippen LogP contribution in [0, 0.1) is 5.41 Å². The Hall–Kier alpha value is -0.810. The van der Waals surface area contributed by atoms with E-state index in [2.05, 4.69) is 24.5 Å². The zero-order chi connectivity index (χ0) is 17.5. The summed E-state index contributed by atoms with van der Waals surface area (Å²) in [5, 5.41) is 15.6. The predicted molar refractivity (Wildman–Crippen MR) is 93.5 cm³/mol. The van der Waals surface area contributed by atoms with Crippen LogP contribution in [0.4, 0.5) is 4.79 Å². The minimum atomic E-state index is -0.441. The lowest BCUT2D eigenvalue weighted by atomic mass is 9.86. The Kier molecular flexibility index (Phi) is 7.81. The normalized spacial score (nSPS) is 22.7. The Morgan fingerprint density at radius 2 is 1.65 bits per heavy atom. The van der Waals surface area contributed by atoms with Crippen LogP contribution >= 0.6 is 0 Å². The molecule has 5 heteroatoms. The van der Waals surface area contributed by atoms with Crippen molar-refractivity contribution >= 4 is 6.09 Å². The van der Waals surface area contributed by atoms with Crippen molar-refractivity contribution in [2.24, 2.45) is 5.41 Å². The van der Waals surface area contributed by atoms with E-state index in [1.54, 1.807) is 0 Å². The van der Waals surface area contributed by atoms with Crippen molar-refractivity contribution in [2.75, 3.05) is 13.2 Å². The van der Waals surface area contributed by atoms with Gasteiger partial charge in [0.1, 0.15) is 5.60 Å². The SMILES string of the molecule is CC(C)(CCCO)CNC1CCC(NC(=O)OC(C)(C)C)CC1. The zero-order valence-electron chi connectivity index (χ0n) is 15.6. The summed E-state index contributed by atoms with van der Waals surface area (Å²) in [4.78, 5) is 11.8. The van der Waals surface area contributed by atoms with Crippen molar-refractivity contribution in [2.45, 2.75) is 90.8 Å². The Labute approximate surface area is 141 Å². The average molecular weight is 328 g/mol. The van der Waals surface area contributed by atoms with E-state index in [4.69, 9.17) is 9.84 Å². The Morgan fingerprint density at radius 1 is 1.09 bits per heavy atom. The molecular weight excluding hydrogens is 292 g/mol. The van der Waals surface area contributed by atoms with E-state index in [9.17, 15) is 4.79 Å². The van der Waals surface area contributed by atoms with E-state index in [0.29, 0.717) is 6.04 Å². The van der Waals surface area contributed by atoms with Crippen LogP contribution in [-0.4, -0.2) is 42.0 Å². The summed E-state index contributed by atoms with van der Waals surface area (Å²) in [5.41, 5.74) is -0.225. The lowest BCUT2D eigenvalue weighted by molar-refractivity contribution is 0.0489. The van der Waals surface area contributed by atoms with Crippen LogP contribution in [0.3, 0.4) is 0 Å². The monoisotopic (exact) mass is 328 g/mol. The number of alkyl carbamates (subject to hydrolysis) is 1. The molecule has 0 atom stereocenters. The van der Waals surface area contributed by atoms with Crippen LogP contribution in [0.2, 0.25) is 0 Å². The summed E-state index contributed by atoms with van der Waals surface area (Å²) in [5.74, 6) is 0. The summed E-state index contributed by atoms with van der Waals surface area (Å²) in [7, 11) is 0. The molecule has 0 bridgehead atoms. The molecule has 0 radical (unpaired) electrons. The summed E-state index contributed by atoms with van der Waals surface area (Å²) in [6.45, 7) is 11.4. The topological polar surface area (TPSA) is 70.6 Å². The lowest BCUT2D eigenvalue weighted by Gasteiger charge is -2.33. The Morgan fingerprint density at radius 3 is 2.17 bits per heavy atom. The molecule has 3 N–H and O–H groups in total. The second-order valence-corrected chi connectivity index (χ2v) is 8.57. The number of hydrogen-bond donors (Lipinski definition) is 3. The number of aliphatic hydroxyl groups is 1. The zero-order valence-corrected chi connectivity index (χ0v) is 15.6. The number of carbonyl (C=O) groups excluding carboxylic acids is 1. The van der Waals surface area contributed by atoms with Gasteiger partial charge in [0.05, 0.1) is 0 Å². The highest BCUT2D eigenvalue weighted by atomic mass is 16.6. The second kappa shape index (κ2) is 8.88. The van der Waals surface area contributed by atoms with Crippen molar-refractivity contribution in [1.29, 1.82) is 0 Å². The summed E-state index contributed by atoms with van der Waals surface area (Å²) >= 11 is 0. The molecule has 0 unspecified atom stereocenters. The quantitative estimate of drug-likeness (QED) is 0.671. The van der Waals surface area contributed by atoms with Gasteiger partial charge in [-0.25, -0.2) is 4.79 Å². The third-order valence-electron chi connectivity index (χ3n) is 4.33. The molecule has 0 heterocycles. The largest absolute Gasteiger partial charge is 0.444 e. The van der Waals surface area contributed by atoms with Crippen molar-refractivity contribution in [3.05, 3.63) is 0 Å². The Balaban J connectivity index is 2.24. The molecule has 1 rings (SSSR count). The molecule has 136 valence electrons. The van der Waals surface area contributed by atoms with Gasteiger partial charge in [-0.1, -0.05) is 13.8 Å². The van der Waals surface area contributed by atoms with Crippen molar-refractivity contribution in [3.8, 4) is 0 Å². The van der Waals surface area contributed by atoms with Gasteiger partial charge in [-0.3, -0.25) is 0 Å². The smallest absolute Gasteiger partial charge is 0.407 e. The lowest BCUT2D eigenvalue weighted by Crippen LogP contribution is -2.45. The summed E-state index contributed by atoms with van der Waals surface area (Å²) in [6, 6.07) is 0.755. The molecule has 0 aromatic rings. The van der Waals surface area contributed by atoms with E-state index in [-0.39, 0.29) is 24.2 Å². The van der Waals surface area contributed by atoms with E-state index >= 15 is 0 Å². The minimum Gasteiger partial charge on any atom is -0.444 e. The summed E-state index contributed by atoms with van der Waals surface area (Å²) in [6.07, 6.45) is 5.74. The van der Waals surface area contributed by atoms with Gasteiger partial charge in [0.25, 0.3) is 0 Å². The maximum Gasteiger partial charge on any atom is 0.407 e. The number of aliphatic hydroxyl groups excluding tert-OH is 1. The van der Waals surface area contributed by atoms with E-state index in [1.165, 1.54) is 0 Å². The van der Waals surface area contributed by atoms with Gasteiger partial charge in [0.2, 0.25) is 0 Å². The fourth-order valence-corrected chi connectivity index (χ4v) is 2.98. The van der Waals surface area contributed by atoms with E-state index < -0.39 is 5.60 Å². The molecule has 1 aliphatic carbocycles. The molecule has 23 heavy (non-hydrogen) atoms. The third kappa shape index (κ3) is 9.16. The number of rotatable bonds is 7. The van der Waals surface area contributed by atoms with Crippen LogP contribution in [0.1, 0.15) is 73.1 Å². The van der Waals surface area contributed by atoms with Gasteiger partial charge in [-0.15, -0.1) is 0 Å². The van der Waals surface area contributed by atoms with Crippen LogP contribution in [0.15, 0.2) is 0 Å². The standard InChI is InChI=1S/C18H36N2O3/c1-17(2,3)23-16(22)20-15-9-7-14(8-10-15)19-13-18(4,5)11-6-12-21/h14-15,19,21H,6-13H2,1-5H3,(H,20,22). The first-order valence-electron chi connectivity index (χ1n) is 8.95. The van der Waals surface area contributed by atoms with Crippen LogP contribution in [0.25, 0.3) is 0 Å². The van der Waals surface area contributed by atoms with Crippen molar-refractivity contribution in [1.82, 2.24) is 10.6 Å². The fraction of sp³-hybridized carbons (Fsp3) is 0.944. The number of carbonyl (C=O) groups is 1. The first-order valence-corrected chi connectivity index (χ1v) is 8.95. The van der Waals surface area contributed by atoms with Gasteiger partial charge in [-0.05, 0) is 64.7 Å². The number of amides is 1. The maximum atomic E-state index is 11.8. The van der Waals surface area contributed by atoms with Crippen LogP contribution < -0.4 is 10.6 Å². The second-order valence-electron chi connectivity index (χ2n) is 8.57. The first-order chi connectivity index (χ1) is 10.6. The molecule has 5 nitrogen and oxygen atoms in total. The van der Waals surface area contributed by atoms with Crippen molar-refractivity contribution < 1.29 is 14.6 Å². The minimum absolute atomic E-state index is 0.217. The molecule has 0 spiro atoms. The molecular formula is C18H36N2O3. The average Bonchev–Trinajstić information content (AvgIpc) is 2.42. The highest BCUT2D eigenvalue weighted by molar-refractivity contribution is 5.68. The van der Waals surface area contributed by atoms with Crippen LogP contribution in [0.5, 0.6) is 0 Å². The highest BCUT2D eigenvalue weighted by Gasteiger charge is 2.26. The van der Waals surface area contributed by atoms with Crippen LogP contribution in [-0.2, 0) is 4.74 Å². The first kappa shape index (κ1) is 20.2. The molecule has 0 aromatic carbocycles. The number of hydrogen-bond acceptors (Lipinski definition) is 4. The van der Waals surface area contributed by atoms with Gasteiger partial charge in [-0.2, -0.15) is 0 Å². The van der Waals surface area contributed by atoms with Gasteiger partial charge in [0, 0.05) is 25.2 Å².